The number of rotatable bonds is 10. The van der Waals surface area contributed by atoms with Gasteiger partial charge in [-0.25, -0.2) is 4.79 Å². The highest BCUT2D eigenvalue weighted by molar-refractivity contribution is 5.86. The van der Waals surface area contributed by atoms with Crippen LogP contribution in [-0.2, 0) is 11.3 Å². The van der Waals surface area contributed by atoms with Crippen LogP contribution in [0.2, 0.25) is 0 Å². The molecule has 5 nitrogen and oxygen atoms in total. The fourth-order valence-electron chi connectivity index (χ4n) is 2.05. The normalized spacial score (nSPS) is 13.0. The molecule has 0 aliphatic carbocycles. The van der Waals surface area contributed by atoms with Gasteiger partial charge in [-0.2, -0.15) is 5.10 Å². The maximum Gasteiger partial charge on any atom is 0.338 e. The summed E-state index contributed by atoms with van der Waals surface area (Å²) in [5.41, 5.74) is 1.29. The molecule has 5 heteroatoms. The molecule has 0 unspecified atom stereocenters. The third kappa shape index (κ3) is 7.31. The molecule has 1 N–H and O–H groups in total. The van der Waals surface area contributed by atoms with Crippen LogP contribution in [0.1, 0.15) is 50.9 Å². The first-order valence-electron chi connectivity index (χ1n) is 8.36. The van der Waals surface area contributed by atoms with E-state index in [2.05, 4.69) is 18.9 Å². The van der Waals surface area contributed by atoms with Crippen LogP contribution in [0, 0.1) is 5.92 Å². The number of allylic oxidation sites excluding steroid dienone is 6. The molecule has 1 aromatic heterocycles. The second-order valence-corrected chi connectivity index (χ2v) is 5.84. The highest BCUT2D eigenvalue weighted by Crippen LogP contribution is 2.10. The lowest BCUT2D eigenvalue weighted by Crippen LogP contribution is -2.06. The van der Waals surface area contributed by atoms with E-state index in [9.17, 15) is 4.79 Å². The number of ether oxygens (including phenoxy) is 1. The van der Waals surface area contributed by atoms with Crippen molar-refractivity contribution in [2.24, 2.45) is 5.92 Å². The van der Waals surface area contributed by atoms with Crippen molar-refractivity contribution in [3.63, 3.8) is 0 Å². The van der Waals surface area contributed by atoms with E-state index in [4.69, 9.17) is 9.84 Å². The summed E-state index contributed by atoms with van der Waals surface area (Å²) in [6, 6.07) is 0. The molecule has 1 aromatic rings. The van der Waals surface area contributed by atoms with Crippen molar-refractivity contribution in [3.05, 3.63) is 53.6 Å². The molecule has 0 fully saturated rings. The molecule has 0 spiro atoms. The number of aromatic nitrogens is 2. The van der Waals surface area contributed by atoms with Crippen LogP contribution in [0.15, 0.2) is 48.0 Å². The van der Waals surface area contributed by atoms with Gasteiger partial charge in [0.1, 0.15) is 0 Å². The number of carbonyl (C=O) groups is 1. The molecule has 0 radical (unpaired) electrons. The highest BCUT2D eigenvalue weighted by atomic mass is 16.5. The second-order valence-electron chi connectivity index (χ2n) is 5.84. The van der Waals surface area contributed by atoms with E-state index in [1.165, 1.54) is 12.4 Å². The quantitative estimate of drug-likeness (QED) is 0.508. The molecule has 0 aromatic carbocycles. The largest absolute Gasteiger partial charge is 0.498 e. The zero-order valence-corrected chi connectivity index (χ0v) is 15.0. The number of hydrogen-bond donors (Lipinski definition) is 1. The van der Waals surface area contributed by atoms with Crippen LogP contribution in [0.25, 0.3) is 0 Å². The summed E-state index contributed by atoms with van der Waals surface area (Å²) in [7, 11) is 0. The standard InChI is InChI=1S/C19H28N2O3/c1-5-17(6-2)14-24-16(4)10-9-15(3)8-7-11-21-13-18(12-20-21)19(22)23/h7-10,12-13,17H,5-6,11,14H2,1-4H3,(H,22,23)/b8-7+,15-9-,16-10+. The van der Waals surface area contributed by atoms with Gasteiger partial charge in [-0.15, -0.1) is 0 Å². The van der Waals surface area contributed by atoms with Crippen molar-refractivity contribution in [2.45, 2.75) is 47.1 Å². The molecule has 0 aliphatic rings. The van der Waals surface area contributed by atoms with E-state index in [1.54, 1.807) is 4.68 Å². The Labute approximate surface area is 144 Å². The van der Waals surface area contributed by atoms with E-state index in [0.29, 0.717) is 12.5 Å². The van der Waals surface area contributed by atoms with Gasteiger partial charge < -0.3 is 9.84 Å². The minimum Gasteiger partial charge on any atom is -0.498 e. The van der Waals surface area contributed by atoms with Gasteiger partial charge in [0.2, 0.25) is 0 Å². The van der Waals surface area contributed by atoms with Crippen molar-refractivity contribution in [2.75, 3.05) is 6.61 Å². The lowest BCUT2D eigenvalue weighted by atomic mass is 10.1. The zero-order chi connectivity index (χ0) is 17.9. The van der Waals surface area contributed by atoms with Gasteiger partial charge >= 0.3 is 5.97 Å². The average molecular weight is 332 g/mol. The number of carboxylic acids is 1. The summed E-state index contributed by atoms with van der Waals surface area (Å²) < 4.78 is 7.35. The van der Waals surface area contributed by atoms with E-state index >= 15 is 0 Å². The molecule has 0 saturated carbocycles. The lowest BCUT2D eigenvalue weighted by Gasteiger charge is -2.13. The minimum absolute atomic E-state index is 0.198. The molecule has 0 bridgehead atoms. The Hall–Kier alpha value is -2.30. The molecule has 0 atom stereocenters. The molecule has 1 rings (SSSR count). The summed E-state index contributed by atoms with van der Waals surface area (Å²) in [6.45, 7) is 9.64. The van der Waals surface area contributed by atoms with Gasteiger partial charge in [-0.1, -0.05) is 50.5 Å². The monoisotopic (exact) mass is 332 g/mol. The Bertz CT molecular complexity index is 608. The predicted octanol–water partition coefficient (Wildman–Crippen LogP) is 4.44. The van der Waals surface area contributed by atoms with Gasteiger partial charge in [-0.05, 0) is 25.8 Å². The summed E-state index contributed by atoms with van der Waals surface area (Å²) in [5, 5.41) is 12.8. The third-order valence-electron chi connectivity index (χ3n) is 3.84. The van der Waals surface area contributed by atoms with Crippen molar-refractivity contribution in [1.82, 2.24) is 9.78 Å². The Morgan fingerprint density at radius 2 is 2.04 bits per heavy atom. The first-order valence-corrected chi connectivity index (χ1v) is 8.36. The van der Waals surface area contributed by atoms with Crippen LogP contribution in [0.4, 0.5) is 0 Å². The van der Waals surface area contributed by atoms with Crippen molar-refractivity contribution < 1.29 is 14.6 Å². The van der Waals surface area contributed by atoms with Crippen LogP contribution < -0.4 is 0 Å². The van der Waals surface area contributed by atoms with Gasteiger partial charge in [0, 0.05) is 6.20 Å². The molecule has 24 heavy (non-hydrogen) atoms. The smallest absolute Gasteiger partial charge is 0.338 e. The maximum atomic E-state index is 10.8. The lowest BCUT2D eigenvalue weighted by molar-refractivity contribution is 0.0696. The molecule has 0 aliphatic heterocycles. The van der Waals surface area contributed by atoms with Crippen molar-refractivity contribution in [3.8, 4) is 0 Å². The van der Waals surface area contributed by atoms with E-state index in [0.717, 1.165) is 30.8 Å². The number of hydrogen-bond acceptors (Lipinski definition) is 3. The first-order chi connectivity index (χ1) is 11.5. The third-order valence-corrected chi connectivity index (χ3v) is 3.84. The van der Waals surface area contributed by atoms with Gasteiger partial charge in [0.05, 0.1) is 30.7 Å². The SMILES string of the molecule is CCC(CC)CO/C(C)=C/C=C(C)\C=C\Cn1cc(C(=O)O)cn1. The maximum absolute atomic E-state index is 10.8. The van der Waals surface area contributed by atoms with Crippen LogP contribution >= 0.6 is 0 Å². The topological polar surface area (TPSA) is 64.3 Å². The highest BCUT2D eigenvalue weighted by Gasteiger charge is 2.04. The van der Waals surface area contributed by atoms with Crippen LogP contribution in [0.3, 0.4) is 0 Å². The Morgan fingerprint density at radius 3 is 2.62 bits per heavy atom. The van der Waals surface area contributed by atoms with E-state index < -0.39 is 5.97 Å². The molecule has 0 saturated heterocycles. The number of carboxylic acid groups (broad SMARTS) is 1. The fraction of sp³-hybridized carbons (Fsp3) is 0.474. The number of nitrogens with zero attached hydrogens (tertiary/aromatic N) is 2. The van der Waals surface area contributed by atoms with Gasteiger partial charge in [-0.3, -0.25) is 4.68 Å². The second kappa shape index (κ2) is 10.5. The van der Waals surface area contributed by atoms with Crippen molar-refractivity contribution in [1.29, 1.82) is 0 Å². The molecule has 0 amide bonds. The van der Waals surface area contributed by atoms with Crippen LogP contribution in [-0.4, -0.2) is 27.5 Å². The molecule has 132 valence electrons. The Balaban J connectivity index is 2.47. The Morgan fingerprint density at radius 1 is 1.33 bits per heavy atom. The van der Waals surface area contributed by atoms with E-state index in [-0.39, 0.29) is 5.56 Å². The number of aromatic carboxylic acids is 1. The fourth-order valence-corrected chi connectivity index (χ4v) is 2.05. The first kappa shape index (κ1) is 19.7. The summed E-state index contributed by atoms with van der Waals surface area (Å²) in [4.78, 5) is 10.8. The van der Waals surface area contributed by atoms with Crippen molar-refractivity contribution >= 4 is 5.97 Å². The summed E-state index contributed by atoms with van der Waals surface area (Å²) in [6.07, 6.45) is 13.0. The van der Waals surface area contributed by atoms with Gasteiger partial charge in [0.15, 0.2) is 0 Å². The van der Waals surface area contributed by atoms with Gasteiger partial charge in [0.25, 0.3) is 0 Å². The molecular weight excluding hydrogens is 304 g/mol. The summed E-state index contributed by atoms with van der Waals surface area (Å²) in [5.74, 6) is 0.561. The van der Waals surface area contributed by atoms with E-state index in [1.807, 2.05) is 38.2 Å². The minimum atomic E-state index is -0.963. The average Bonchev–Trinajstić information content (AvgIpc) is 3.03. The predicted molar refractivity (Wildman–Crippen MR) is 95.9 cm³/mol. The van der Waals surface area contributed by atoms with Crippen LogP contribution in [0.5, 0.6) is 0 Å². The summed E-state index contributed by atoms with van der Waals surface area (Å²) >= 11 is 0. The zero-order valence-electron chi connectivity index (χ0n) is 15.0. The molecule has 1 heterocycles. The molecular formula is C19H28N2O3. The Kier molecular flexibility index (Phi) is 8.61.